The molecule has 9 nitrogen and oxygen atoms in total. The van der Waals surface area contributed by atoms with E-state index in [9.17, 15) is 9.90 Å². The molecule has 0 saturated carbocycles. The van der Waals surface area contributed by atoms with Gasteiger partial charge in [-0.1, -0.05) is 37.3 Å². The number of nitrogens with zero attached hydrogens (tertiary/aromatic N) is 6. The van der Waals surface area contributed by atoms with Gasteiger partial charge in [0.1, 0.15) is 40.8 Å². The van der Waals surface area contributed by atoms with Crippen LogP contribution >= 0.6 is 11.3 Å². The molecular formula is C27H23N7O2S. The molecule has 0 saturated heterocycles. The number of rotatable bonds is 5. The molecule has 6 rings (SSSR count). The highest BCUT2D eigenvalue weighted by Crippen LogP contribution is 2.32. The smallest absolute Gasteiger partial charge is 0.267 e. The Kier molecular flexibility index (Phi) is 5.45. The van der Waals surface area contributed by atoms with Gasteiger partial charge in [0.2, 0.25) is 0 Å². The molecule has 4 aromatic heterocycles. The number of hydrogen-bond acceptors (Lipinski definition) is 8. The first-order valence-corrected chi connectivity index (χ1v) is 12.7. The van der Waals surface area contributed by atoms with Crippen LogP contribution in [0.4, 0.5) is 5.82 Å². The lowest BCUT2D eigenvalue weighted by Crippen LogP contribution is -2.26. The van der Waals surface area contributed by atoms with E-state index in [1.54, 1.807) is 27.4 Å². The lowest BCUT2D eigenvalue weighted by molar-refractivity contribution is 0.475. The zero-order chi connectivity index (χ0) is 25.7. The first-order chi connectivity index (χ1) is 18.0. The van der Waals surface area contributed by atoms with E-state index in [0.29, 0.717) is 38.3 Å². The molecule has 3 N–H and O–H groups in total. The fourth-order valence-electron chi connectivity index (χ4n) is 4.68. The largest absolute Gasteiger partial charge is 0.508 e. The van der Waals surface area contributed by atoms with Crippen molar-refractivity contribution in [3.05, 3.63) is 87.5 Å². The summed E-state index contributed by atoms with van der Waals surface area (Å²) >= 11 is 1.45. The molecule has 0 unspecified atom stereocenters. The zero-order valence-corrected chi connectivity index (χ0v) is 21.0. The molecule has 0 amide bonds. The Morgan fingerprint density at radius 3 is 2.73 bits per heavy atom. The van der Waals surface area contributed by atoms with Gasteiger partial charge in [-0.05, 0) is 48.1 Å². The number of aromatic nitrogens is 6. The monoisotopic (exact) mass is 509 g/mol. The van der Waals surface area contributed by atoms with E-state index in [4.69, 9.17) is 15.8 Å². The van der Waals surface area contributed by atoms with Crippen LogP contribution in [-0.4, -0.2) is 34.4 Å². The van der Waals surface area contributed by atoms with E-state index in [1.807, 2.05) is 42.6 Å². The maximum Gasteiger partial charge on any atom is 0.267 e. The van der Waals surface area contributed by atoms with Crippen molar-refractivity contribution in [2.45, 2.75) is 26.8 Å². The van der Waals surface area contributed by atoms with Crippen LogP contribution in [0.1, 0.15) is 23.9 Å². The minimum Gasteiger partial charge on any atom is -0.508 e. The van der Waals surface area contributed by atoms with Crippen LogP contribution in [0.25, 0.3) is 38.2 Å². The molecular weight excluding hydrogens is 486 g/mol. The van der Waals surface area contributed by atoms with Gasteiger partial charge >= 0.3 is 0 Å². The third-order valence-corrected chi connectivity index (χ3v) is 7.43. The summed E-state index contributed by atoms with van der Waals surface area (Å²) in [6.45, 7) is 4.17. The van der Waals surface area contributed by atoms with Crippen LogP contribution in [0.3, 0.4) is 0 Å². The number of aryl methyl sites for hydroxylation is 2. The van der Waals surface area contributed by atoms with Crippen molar-refractivity contribution < 1.29 is 5.11 Å². The molecule has 6 aromatic rings. The van der Waals surface area contributed by atoms with Crippen molar-refractivity contribution in [1.82, 2.24) is 29.3 Å². The SMILES string of the molecule is CCc1ccccc1-n1c(Cn2nc(-c3cccc(O)c3)c3c(N)ncnc32)nc2scc(C)c2c1=O. The van der Waals surface area contributed by atoms with Gasteiger partial charge in [0, 0.05) is 5.56 Å². The number of anilines is 1. The second-order valence-electron chi connectivity index (χ2n) is 8.76. The van der Waals surface area contributed by atoms with Gasteiger partial charge in [-0.25, -0.2) is 19.6 Å². The molecule has 2 aromatic carbocycles. The van der Waals surface area contributed by atoms with Gasteiger partial charge < -0.3 is 10.8 Å². The number of benzene rings is 2. The molecule has 184 valence electrons. The Hall–Kier alpha value is -4.57. The summed E-state index contributed by atoms with van der Waals surface area (Å²) in [5.41, 5.74) is 10.6. The van der Waals surface area contributed by atoms with Crippen LogP contribution in [0.2, 0.25) is 0 Å². The van der Waals surface area contributed by atoms with Crippen LogP contribution in [0.5, 0.6) is 5.75 Å². The highest BCUT2D eigenvalue weighted by atomic mass is 32.1. The van der Waals surface area contributed by atoms with Crippen molar-refractivity contribution in [3.63, 3.8) is 0 Å². The first-order valence-electron chi connectivity index (χ1n) is 11.8. The third-order valence-electron chi connectivity index (χ3n) is 6.44. The lowest BCUT2D eigenvalue weighted by atomic mass is 10.1. The second-order valence-corrected chi connectivity index (χ2v) is 9.62. The third kappa shape index (κ3) is 3.73. The van der Waals surface area contributed by atoms with E-state index in [1.165, 1.54) is 17.7 Å². The number of nitrogen functional groups attached to an aromatic ring is 1. The molecule has 37 heavy (non-hydrogen) atoms. The minimum absolute atomic E-state index is 0.112. The molecule has 0 aliphatic carbocycles. The number of nitrogens with two attached hydrogens (primary N) is 1. The van der Waals surface area contributed by atoms with E-state index in [0.717, 1.165) is 23.2 Å². The molecule has 0 bridgehead atoms. The number of hydrogen-bond donors (Lipinski definition) is 2. The highest BCUT2D eigenvalue weighted by molar-refractivity contribution is 7.16. The Morgan fingerprint density at radius 2 is 1.92 bits per heavy atom. The van der Waals surface area contributed by atoms with Gasteiger partial charge in [0.25, 0.3) is 5.56 Å². The van der Waals surface area contributed by atoms with Crippen LogP contribution < -0.4 is 11.3 Å². The fraction of sp³-hybridized carbons (Fsp3) is 0.148. The minimum atomic E-state index is -0.113. The number of phenolic OH excluding ortho intramolecular Hbond substituents is 1. The predicted molar refractivity (Wildman–Crippen MR) is 145 cm³/mol. The van der Waals surface area contributed by atoms with Crippen LogP contribution in [0.15, 0.2) is 65.0 Å². The van der Waals surface area contributed by atoms with Crippen LogP contribution in [0, 0.1) is 6.92 Å². The molecule has 4 heterocycles. The van der Waals surface area contributed by atoms with Gasteiger partial charge in [-0.3, -0.25) is 9.36 Å². The second kappa shape index (κ2) is 8.82. The number of thiophene rings is 1. The quantitative estimate of drug-likeness (QED) is 0.351. The molecule has 0 spiro atoms. The summed E-state index contributed by atoms with van der Waals surface area (Å²) in [7, 11) is 0. The summed E-state index contributed by atoms with van der Waals surface area (Å²) in [6.07, 6.45) is 2.15. The lowest BCUT2D eigenvalue weighted by Gasteiger charge is -2.16. The molecule has 0 fully saturated rings. The van der Waals surface area contributed by atoms with Crippen molar-refractivity contribution in [2.24, 2.45) is 0 Å². The Labute approximate surface area is 215 Å². The number of fused-ring (bicyclic) bond motifs is 2. The van der Waals surface area contributed by atoms with Gasteiger partial charge in [0.15, 0.2) is 5.65 Å². The summed E-state index contributed by atoms with van der Waals surface area (Å²) in [5, 5.41) is 18.0. The summed E-state index contributed by atoms with van der Waals surface area (Å²) in [5.74, 6) is 0.922. The molecule has 0 atom stereocenters. The van der Waals surface area contributed by atoms with Crippen LogP contribution in [-0.2, 0) is 13.0 Å². The number of para-hydroxylation sites is 1. The van der Waals surface area contributed by atoms with Gasteiger partial charge in [-0.2, -0.15) is 5.10 Å². The van der Waals surface area contributed by atoms with Crippen molar-refractivity contribution in [3.8, 4) is 22.7 Å². The molecule has 0 radical (unpaired) electrons. The summed E-state index contributed by atoms with van der Waals surface area (Å²) in [4.78, 5) is 28.1. The average Bonchev–Trinajstić information content (AvgIpc) is 3.46. The Bertz CT molecular complexity index is 1870. The van der Waals surface area contributed by atoms with E-state index in [-0.39, 0.29) is 23.7 Å². The maximum absolute atomic E-state index is 13.9. The van der Waals surface area contributed by atoms with Gasteiger partial charge in [-0.15, -0.1) is 11.3 Å². The number of phenols is 1. The number of aromatic hydroxyl groups is 1. The topological polar surface area (TPSA) is 125 Å². The zero-order valence-electron chi connectivity index (χ0n) is 20.2. The normalized spacial score (nSPS) is 11.5. The molecule has 0 aliphatic rings. The van der Waals surface area contributed by atoms with E-state index >= 15 is 0 Å². The fourth-order valence-corrected chi connectivity index (χ4v) is 5.61. The average molecular weight is 510 g/mol. The van der Waals surface area contributed by atoms with E-state index in [2.05, 4.69) is 16.9 Å². The Morgan fingerprint density at radius 1 is 1.08 bits per heavy atom. The van der Waals surface area contributed by atoms with E-state index < -0.39 is 0 Å². The van der Waals surface area contributed by atoms with Gasteiger partial charge in [0.05, 0.1) is 16.5 Å². The first kappa shape index (κ1) is 22.9. The van der Waals surface area contributed by atoms with Crippen molar-refractivity contribution in [1.29, 1.82) is 0 Å². The molecule has 0 aliphatic heterocycles. The predicted octanol–water partition coefficient (Wildman–Crippen LogP) is 4.46. The summed E-state index contributed by atoms with van der Waals surface area (Å²) < 4.78 is 3.37. The van der Waals surface area contributed by atoms with Crippen molar-refractivity contribution >= 4 is 38.4 Å². The molecule has 10 heteroatoms. The Balaban J connectivity index is 1.62. The van der Waals surface area contributed by atoms with Crippen molar-refractivity contribution in [2.75, 3.05) is 5.73 Å². The summed E-state index contributed by atoms with van der Waals surface area (Å²) in [6, 6.07) is 14.6. The standard InChI is InChI=1S/C27H23N7O2S/c1-3-16-7-4-5-10-19(16)34-20(31-26-21(27(34)36)15(2)13-37-26)12-33-25-22(24(28)29-14-30-25)23(32-33)17-8-6-9-18(35)11-17/h4-11,13-14,35H,3,12H2,1-2H3,(H2,28,29,30). The highest BCUT2D eigenvalue weighted by Gasteiger charge is 2.22. The maximum atomic E-state index is 13.9.